The number of nitrogens with zero attached hydrogens (tertiary/aromatic N) is 1. The number of hydrogen-bond donors (Lipinski definition) is 0. The van der Waals surface area contributed by atoms with Gasteiger partial charge in [0.05, 0.1) is 13.2 Å². The molecule has 0 amide bonds. The lowest BCUT2D eigenvalue weighted by Crippen LogP contribution is -2.27. The van der Waals surface area contributed by atoms with Crippen molar-refractivity contribution in [3.05, 3.63) is 100 Å². The zero-order chi connectivity index (χ0) is 22.3. The van der Waals surface area contributed by atoms with Gasteiger partial charge in [-0.25, -0.2) is 0 Å². The van der Waals surface area contributed by atoms with E-state index in [-0.39, 0.29) is 0 Å². The van der Waals surface area contributed by atoms with Crippen LogP contribution in [0.2, 0.25) is 0 Å². The molecule has 3 aromatic carbocycles. The van der Waals surface area contributed by atoms with Gasteiger partial charge in [-0.05, 0) is 46.7 Å². The van der Waals surface area contributed by atoms with Crippen LogP contribution in [0.4, 0.5) is 0 Å². The van der Waals surface area contributed by atoms with Crippen molar-refractivity contribution >= 4 is 0 Å². The minimum absolute atomic E-state index is 0.499. The van der Waals surface area contributed by atoms with Crippen LogP contribution in [0.15, 0.2) is 66.7 Å². The highest BCUT2D eigenvalue weighted by atomic mass is 16.5. The molecule has 0 spiro atoms. The standard InChI is InChI=1S/C29H35NO2/c1-22(2)27-11-12-29-28(19-27)18-25-5-4-6-26(17-25)21-30(13-14-31-15-16-32-29)20-24-9-7-23(3)8-10-24/h4-12,17,19,22H,13-16,18,20-21H2,1-3H3. The summed E-state index contributed by atoms with van der Waals surface area (Å²) in [6, 6.07) is 24.5. The van der Waals surface area contributed by atoms with Crippen molar-refractivity contribution in [2.24, 2.45) is 0 Å². The summed E-state index contributed by atoms with van der Waals surface area (Å²) in [6.45, 7) is 11.2. The number of benzene rings is 3. The van der Waals surface area contributed by atoms with Crippen LogP contribution < -0.4 is 4.74 Å². The van der Waals surface area contributed by atoms with Gasteiger partial charge in [-0.15, -0.1) is 0 Å². The van der Waals surface area contributed by atoms with E-state index in [0.717, 1.165) is 31.8 Å². The van der Waals surface area contributed by atoms with Crippen LogP contribution >= 0.6 is 0 Å². The number of ether oxygens (including phenoxy) is 2. The van der Waals surface area contributed by atoms with E-state index in [9.17, 15) is 0 Å². The SMILES string of the molecule is Cc1ccc(CN2CCOCCOc3ccc(C(C)C)cc3Cc3cccc(c3)C2)cc1. The Labute approximate surface area is 193 Å². The van der Waals surface area contributed by atoms with Gasteiger partial charge in [0.2, 0.25) is 0 Å². The molecule has 0 aliphatic carbocycles. The van der Waals surface area contributed by atoms with Crippen molar-refractivity contribution in [1.82, 2.24) is 4.90 Å². The topological polar surface area (TPSA) is 21.7 Å². The Kier molecular flexibility index (Phi) is 7.62. The van der Waals surface area contributed by atoms with E-state index in [2.05, 4.69) is 92.4 Å². The highest BCUT2D eigenvalue weighted by Gasteiger charge is 2.12. The number of fused-ring (bicyclic) bond motifs is 3. The molecule has 0 atom stereocenters. The third-order valence-corrected chi connectivity index (χ3v) is 6.11. The lowest BCUT2D eigenvalue weighted by atomic mass is 9.96. The molecule has 168 valence electrons. The predicted octanol–water partition coefficient (Wildman–Crippen LogP) is 6.12. The molecule has 0 radical (unpaired) electrons. The summed E-state index contributed by atoms with van der Waals surface area (Å²) in [7, 11) is 0. The molecule has 32 heavy (non-hydrogen) atoms. The van der Waals surface area contributed by atoms with E-state index < -0.39 is 0 Å². The van der Waals surface area contributed by atoms with Gasteiger partial charge in [-0.2, -0.15) is 0 Å². The third-order valence-electron chi connectivity index (χ3n) is 6.11. The van der Waals surface area contributed by atoms with E-state index >= 15 is 0 Å². The maximum absolute atomic E-state index is 6.13. The predicted molar refractivity (Wildman–Crippen MR) is 131 cm³/mol. The Morgan fingerprint density at radius 2 is 1.69 bits per heavy atom. The normalized spacial score (nSPS) is 15.6. The minimum atomic E-state index is 0.499. The molecule has 0 unspecified atom stereocenters. The summed E-state index contributed by atoms with van der Waals surface area (Å²) in [6.07, 6.45) is 0.878. The molecule has 0 aromatic heterocycles. The smallest absolute Gasteiger partial charge is 0.122 e. The van der Waals surface area contributed by atoms with Crippen LogP contribution in [0.3, 0.4) is 0 Å². The summed E-state index contributed by atoms with van der Waals surface area (Å²) in [5, 5.41) is 0. The van der Waals surface area contributed by atoms with E-state index in [1.165, 1.54) is 33.4 Å². The average molecular weight is 430 g/mol. The second-order valence-corrected chi connectivity index (χ2v) is 9.18. The molecule has 1 heterocycles. The molecule has 2 bridgehead atoms. The summed E-state index contributed by atoms with van der Waals surface area (Å²) in [5.41, 5.74) is 7.91. The van der Waals surface area contributed by atoms with Gasteiger partial charge in [0.1, 0.15) is 12.4 Å². The van der Waals surface area contributed by atoms with E-state index in [1.807, 2.05) is 0 Å². The van der Waals surface area contributed by atoms with Crippen molar-refractivity contribution < 1.29 is 9.47 Å². The number of aryl methyl sites for hydroxylation is 1. The van der Waals surface area contributed by atoms with Gasteiger partial charge >= 0.3 is 0 Å². The highest BCUT2D eigenvalue weighted by molar-refractivity contribution is 5.42. The van der Waals surface area contributed by atoms with Crippen LogP contribution in [-0.4, -0.2) is 31.3 Å². The molecule has 3 aromatic rings. The summed E-state index contributed by atoms with van der Waals surface area (Å²) in [4.78, 5) is 2.47. The second kappa shape index (κ2) is 10.8. The Bertz CT molecular complexity index is 1010. The fraction of sp³-hybridized carbons (Fsp3) is 0.379. The van der Waals surface area contributed by atoms with Gasteiger partial charge in [0.25, 0.3) is 0 Å². The quantitative estimate of drug-likeness (QED) is 0.501. The van der Waals surface area contributed by atoms with Gasteiger partial charge in [-0.3, -0.25) is 4.90 Å². The summed E-state index contributed by atoms with van der Waals surface area (Å²) in [5.74, 6) is 1.47. The molecule has 3 heteroatoms. The molecular weight excluding hydrogens is 394 g/mol. The fourth-order valence-electron chi connectivity index (χ4n) is 4.23. The first-order chi connectivity index (χ1) is 15.6. The van der Waals surface area contributed by atoms with Crippen molar-refractivity contribution in [2.45, 2.75) is 46.2 Å². The first kappa shape index (κ1) is 22.6. The second-order valence-electron chi connectivity index (χ2n) is 9.18. The van der Waals surface area contributed by atoms with Crippen LogP contribution in [0.25, 0.3) is 0 Å². The third kappa shape index (κ3) is 6.21. The number of hydrogen-bond acceptors (Lipinski definition) is 3. The van der Waals surface area contributed by atoms with Crippen molar-refractivity contribution in [3.63, 3.8) is 0 Å². The molecule has 0 N–H and O–H groups in total. The number of rotatable bonds is 3. The van der Waals surface area contributed by atoms with Gasteiger partial charge in [0.15, 0.2) is 0 Å². The maximum Gasteiger partial charge on any atom is 0.122 e. The highest BCUT2D eigenvalue weighted by Crippen LogP contribution is 2.27. The minimum Gasteiger partial charge on any atom is -0.491 e. The molecule has 3 nitrogen and oxygen atoms in total. The fourth-order valence-corrected chi connectivity index (χ4v) is 4.23. The van der Waals surface area contributed by atoms with Crippen LogP contribution in [-0.2, 0) is 24.2 Å². The monoisotopic (exact) mass is 429 g/mol. The molecule has 4 rings (SSSR count). The molecule has 0 saturated heterocycles. The van der Waals surface area contributed by atoms with Crippen LogP contribution in [0.5, 0.6) is 5.75 Å². The molecule has 1 aliphatic rings. The first-order valence-electron chi connectivity index (χ1n) is 11.8. The lowest BCUT2D eigenvalue weighted by molar-refractivity contribution is 0.0757. The van der Waals surface area contributed by atoms with Crippen LogP contribution in [0, 0.1) is 6.92 Å². The Morgan fingerprint density at radius 1 is 0.875 bits per heavy atom. The summed E-state index contributed by atoms with van der Waals surface area (Å²) < 4.78 is 12.1. The average Bonchev–Trinajstić information content (AvgIpc) is 2.78. The van der Waals surface area contributed by atoms with Crippen molar-refractivity contribution in [2.75, 3.05) is 26.4 Å². The molecule has 0 fully saturated rings. The largest absolute Gasteiger partial charge is 0.491 e. The van der Waals surface area contributed by atoms with Crippen molar-refractivity contribution in [1.29, 1.82) is 0 Å². The van der Waals surface area contributed by atoms with Gasteiger partial charge in [-0.1, -0.05) is 80.1 Å². The zero-order valence-electron chi connectivity index (χ0n) is 19.6. The molecular formula is C29H35NO2. The maximum atomic E-state index is 6.13. The Morgan fingerprint density at radius 3 is 2.50 bits per heavy atom. The molecule has 0 saturated carbocycles. The van der Waals surface area contributed by atoms with Gasteiger partial charge < -0.3 is 9.47 Å². The van der Waals surface area contributed by atoms with E-state index in [4.69, 9.17) is 9.47 Å². The zero-order valence-corrected chi connectivity index (χ0v) is 19.6. The molecule has 1 aliphatic heterocycles. The van der Waals surface area contributed by atoms with Gasteiger partial charge in [0, 0.05) is 26.1 Å². The lowest BCUT2D eigenvalue weighted by Gasteiger charge is -2.23. The first-order valence-corrected chi connectivity index (χ1v) is 11.8. The Balaban J connectivity index is 1.58. The Hall–Kier alpha value is -2.62. The van der Waals surface area contributed by atoms with Crippen molar-refractivity contribution in [3.8, 4) is 5.75 Å². The summed E-state index contributed by atoms with van der Waals surface area (Å²) >= 11 is 0. The van der Waals surface area contributed by atoms with E-state index in [1.54, 1.807) is 0 Å². The van der Waals surface area contributed by atoms with E-state index in [0.29, 0.717) is 25.7 Å². The van der Waals surface area contributed by atoms with Crippen LogP contribution in [0.1, 0.15) is 53.1 Å².